The van der Waals surface area contributed by atoms with E-state index in [0.717, 1.165) is 66.7 Å². The fourth-order valence-corrected chi connectivity index (χ4v) is 7.30. The zero-order valence-electron chi connectivity index (χ0n) is 20.6. The minimum absolute atomic E-state index is 0.891. The monoisotopic (exact) mass is 502 g/mol. The third kappa shape index (κ3) is 2.10. The third-order valence-electron chi connectivity index (χ3n) is 8.68. The summed E-state index contributed by atoms with van der Waals surface area (Å²) < 4.78 is 13.7. The Bertz CT molecular complexity index is 2300. The van der Waals surface area contributed by atoms with Gasteiger partial charge in [-0.15, -0.1) is 0 Å². The first-order valence-electron chi connectivity index (χ1n) is 13.1. The second-order valence-electron chi connectivity index (χ2n) is 10.4. The Kier molecular flexibility index (Phi) is 3.31. The molecule has 7 aromatic rings. The number of pyridine rings is 1. The first-order chi connectivity index (χ1) is 19.4. The normalized spacial score (nSPS) is 19.0. The maximum absolute atomic E-state index is 6.64. The number of allylic oxidation sites excluding steroid dienone is 2. The predicted octanol–water partition coefficient (Wildman–Crippen LogP) is 5.83. The fraction of sp³-hybridized carbons (Fsp3) is 0. The Hall–Kier alpha value is -5.37. The molecular formula is C31H19BN6O. The Morgan fingerprint density at radius 1 is 0.897 bits per heavy atom. The highest BCUT2D eigenvalue weighted by Crippen LogP contribution is 2.49. The van der Waals surface area contributed by atoms with Gasteiger partial charge in [-0.1, -0.05) is 48.5 Å². The van der Waals surface area contributed by atoms with Crippen molar-refractivity contribution < 1.29 is 8.90 Å². The molecule has 3 aliphatic rings. The quantitative estimate of drug-likeness (QED) is 0.266. The second kappa shape index (κ2) is 6.55. The molecule has 1 atom stereocenters. The van der Waals surface area contributed by atoms with E-state index >= 15 is 0 Å². The molecule has 0 radical (unpaired) electrons. The Morgan fingerprint density at radius 3 is 2.69 bits per heavy atom. The maximum atomic E-state index is 6.64. The summed E-state index contributed by atoms with van der Waals surface area (Å²) in [7, 11) is 0. The molecular weight excluding hydrogens is 483 g/mol. The van der Waals surface area contributed by atoms with Crippen molar-refractivity contribution in [2.45, 2.75) is 0 Å². The summed E-state index contributed by atoms with van der Waals surface area (Å²) in [5.41, 5.74) is 6.37. The van der Waals surface area contributed by atoms with E-state index < -0.39 is 6.69 Å². The summed E-state index contributed by atoms with van der Waals surface area (Å²) in [6, 6.07) is 25.5. The Morgan fingerprint density at radius 2 is 1.77 bits per heavy atom. The van der Waals surface area contributed by atoms with Crippen LogP contribution in [0.5, 0.6) is 0 Å². The van der Waals surface area contributed by atoms with Gasteiger partial charge < -0.3 is 22.7 Å². The van der Waals surface area contributed by atoms with Crippen LogP contribution in [-0.2, 0) is 0 Å². The molecule has 4 aromatic heterocycles. The standard InChI is InChI=1S/C31H19BN6O/c1-3-10-24-21(9-1)29-30-23(18-22-20-8-2-4-12-26(20)39-31(22)29)25-11-7-14-28-34-27-13-5-6-16-36(27)32(37(25)28,38(24)30)35-17-15-33-19-35/h1-19H. The van der Waals surface area contributed by atoms with E-state index in [-0.39, 0.29) is 0 Å². The molecule has 0 bridgehead atoms. The summed E-state index contributed by atoms with van der Waals surface area (Å²) >= 11 is 0. The number of aliphatic imine (C=N–C) groups is 1. The van der Waals surface area contributed by atoms with Crippen molar-refractivity contribution in [2.75, 3.05) is 0 Å². The number of hydrogen-bond donors (Lipinski definition) is 0. The molecule has 7 nitrogen and oxygen atoms in total. The van der Waals surface area contributed by atoms with E-state index in [9.17, 15) is 0 Å². The van der Waals surface area contributed by atoms with E-state index in [0.29, 0.717) is 0 Å². The molecule has 182 valence electrons. The van der Waals surface area contributed by atoms with E-state index in [1.807, 2.05) is 24.7 Å². The SMILES string of the molecule is C1=CC2=Nc3cccc[n+]3[B-]3(n4ccnc4)N2C(=C1)c1cc2c4ccccc4oc2c2c4ccccc4n3c12. The number of amidine groups is 1. The minimum Gasteiger partial charge on any atom is -0.455 e. The van der Waals surface area contributed by atoms with Crippen molar-refractivity contribution in [3.63, 3.8) is 0 Å². The van der Waals surface area contributed by atoms with Gasteiger partial charge in [0.2, 0.25) is 5.84 Å². The van der Waals surface area contributed by atoms with Gasteiger partial charge >= 0.3 is 6.69 Å². The molecule has 0 fully saturated rings. The molecule has 0 amide bonds. The molecule has 0 saturated heterocycles. The van der Waals surface area contributed by atoms with Crippen molar-refractivity contribution in [2.24, 2.45) is 4.99 Å². The summed E-state index contributed by atoms with van der Waals surface area (Å²) in [6.45, 7) is -1.88. The summed E-state index contributed by atoms with van der Waals surface area (Å²) in [4.78, 5) is 12.1. The summed E-state index contributed by atoms with van der Waals surface area (Å²) in [5, 5.41) is 4.54. The van der Waals surface area contributed by atoms with Gasteiger partial charge in [-0.3, -0.25) is 0 Å². The van der Waals surface area contributed by atoms with Gasteiger partial charge in [-0.25, -0.2) is 4.98 Å². The van der Waals surface area contributed by atoms with Gasteiger partial charge in [-0.2, -0.15) is 0 Å². The molecule has 0 N–H and O–H groups in total. The molecule has 1 unspecified atom stereocenters. The number of aromatic nitrogens is 4. The highest BCUT2D eigenvalue weighted by molar-refractivity contribution is 6.73. The number of imidazole rings is 1. The van der Waals surface area contributed by atoms with Crippen molar-refractivity contribution in [3.05, 3.63) is 122 Å². The van der Waals surface area contributed by atoms with Crippen LogP contribution in [0.15, 0.2) is 125 Å². The lowest BCUT2D eigenvalue weighted by molar-refractivity contribution is -0.546. The van der Waals surface area contributed by atoms with Crippen molar-refractivity contribution >= 4 is 67.8 Å². The lowest BCUT2D eigenvalue weighted by atomic mass is 9.64. The van der Waals surface area contributed by atoms with Crippen LogP contribution in [-0.4, -0.2) is 31.3 Å². The summed E-state index contributed by atoms with van der Waals surface area (Å²) in [5.74, 6) is 1.80. The zero-order valence-corrected chi connectivity index (χ0v) is 20.6. The summed E-state index contributed by atoms with van der Waals surface area (Å²) in [6.07, 6.45) is 14.4. The van der Waals surface area contributed by atoms with Gasteiger partial charge in [0, 0.05) is 68.4 Å². The molecule has 0 saturated carbocycles. The van der Waals surface area contributed by atoms with Crippen LogP contribution in [0, 0.1) is 0 Å². The van der Waals surface area contributed by atoms with Crippen molar-refractivity contribution in [1.82, 2.24) is 18.8 Å². The van der Waals surface area contributed by atoms with Crippen LogP contribution in [0.2, 0.25) is 0 Å². The van der Waals surface area contributed by atoms with Crippen molar-refractivity contribution in [3.8, 4) is 0 Å². The van der Waals surface area contributed by atoms with Gasteiger partial charge in [0.25, 0.3) is 5.82 Å². The van der Waals surface area contributed by atoms with Crippen LogP contribution < -0.4 is 4.48 Å². The van der Waals surface area contributed by atoms with Crippen molar-refractivity contribution in [1.29, 1.82) is 0 Å². The fourth-order valence-electron chi connectivity index (χ4n) is 7.30. The number of rotatable bonds is 1. The largest absolute Gasteiger partial charge is 0.508 e. The van der Waals surface area contributed by atoms with Crippen LogP contribution >= 0.6 is 0 Å². The van der Waals surface area contributed by atoms with Gasteiger partial charge in [0.15, 0.2) is 0 Å². The minimum atomic E-state index is -1.88. The lowest BCUT2D eigenvalue weighted by Crippen LogP contribution is -2.84. The molecule has 0 aliphatic carbocycles. The topological polar surface area (TPSA) is 55.4 Å². The van der Waals surface area contributed by atoms with Crippen LogP contribution in [0.3, 0.4) is 0 Å². The third-order valence-corrected chi connectivity index (χ3v) is 8.68. The number of nitrogens with zero attached hydrogens (tertiary/aromatic N) is 6. The number of para-hydroxylation sites is 2. The molecule has 0 spiro atoms. The van der Waals surface area contributed by atoms with Gasteiger partial charge in [0.05, 0.1) is 6.33 Å². The maximum Gasteiger partial charge on any atom is 0.508 e. The highest BCUT2D eigenvalue weighted by Gasteiger charge is 2.56. The van der Waals surface area contributed by atoms with Crippen LogP contribution in [0.1, 0.15) is 5.56 Å². The Labute approximate surface area is 221 Å². The smallest absolute Gasteiger partial charge is 0.455 e. The van der Waals surface area contributed by atoms with E-state index in [4.69, 9.17) is 9.41 Å². The average molecular weight is 502 g/mol. The lowest BCUT2D eigenvalue weighted by Gasteiger charge is -2.55. The number of fused-ring (bicyclic) bond motifs is 11. The first kappa shape index (κ1) is 19.7. The van der Waals surface area contributed by atoms with Crippen LogP contribution in [0.4, 0.5) is 5.82 Å². The molecule has 3 aromatic carbocycles. The average Bonchev–Trinajstić information content (AvgIpc) is 3.72. The number of furan rings is 1. The number of hydrogen-bond acceptors (Lipinski definition) is 4. The second-order valence-corrected chi connectivity index (χ2v) is 10.4. The molecule has 3 aliphatic heterocycles. The van der Waals surface area contributed by atoms with Gasteiger partial charge in [0.1, 0.15) is 11.2 Å². The molecule has 10 rings (SSSR count). The van der Waals surface area contributed by atoms with E-state index in [1.54, 1.807) is 0 Å². The molecule has 7 heterocycles. The predicted molar refractivity (Wildman–Crippen MR) is 154 cm³/mol. The van der Waals surface area contributed by atoms with E-state index in [1.165, 1.54) is 0 Å². The van der Waals surface area contributed by atoms with E-state index in [2.05, 4.69) is 115 Å². The molecule has 8 heteroatoms. The Balaban J connectivity index is 1.55. The van der Waals surface area contributed by atoms with Crippen LogP contribution in [0.25, 0.3) is 49.4 Å². The van der Waals surface area contributed by atoms with Gasteiger partial charge in [-0.05, 0) is 41.5 Å². The first-order valence-corrected chi connectivity index (χ1v) is 13.1. The number of benzene rings is 3. The molecule has 39 heavy (non-hydrogen) atoms. The highest BCUT2D eigenvalue weighted by atomic mass is 16.3. The zero-order chi connectivity index (χ0) is 25.3.